The number of nitrogens with zero attached hydrogens (tertiary/aromatic N) is 3. The van der Waals surface area contributed by atoms with E-state index >= 15 is 0 Å². The molecule has 1 atom stereocenters. The van der Waals surface area contributed by atoms with Crippen molar-refractivity contribution in [1.29, 1.82) is 0 Å². The molecule has 4 rings (SSSR count). The molecule has 16 nitrogen and oxygen atoms in total. The molecule has 19 heteroatoms. The molecule has 1 saturated carbocycles. The number of rotatable bonds is 15. The standard InChI is InChI=1S/C33H43F2N4O12P/c1-20(2)50-26(40)10-14-48-52(46,49-19-47-32(45)51-21(3)4)15-13-39-33(11-6-7-12-33)37(5)31(44)27-29(42)28(41)24(18-38(27)39)30(43)36-17-22-8-9-23(34)16-25(22)35/h8-9,16,18,20-21,42H,6-7,10-15,17,19H2,1-5H3,(H,36,43). The van der Waals surface area contributed by atoms with E-state index < -0.39 is 110 Å². The number of esters is 1. The zero-order valence-electron chi connectivity index (χ0n) is 29.5. The Hall–Kier alpha value is -4.54. The van der Waals surface area contributed by atoms with Gasteiger partial charge in [-0.25, -0.2) is 13.6 Å². The van der Waals surface area contributed by atoms with Crippen LogP contribution in [0.25, 0.3) is 0 Å². The summed E-state index contributed by atoms with van der Waals surface area (Å²) in [6.45, 7) is 4.59. The largest absolute Gasteiger partial charge is 0.510 e. The Balaban J connectivity index is 1.67. The highest BCUT2D eigenvalue weighted by atomic mass is 31.2. The maximum Gasteiger partial charge on any atom is 0.510 e. The highest BCUT2D eigenvalue weighted by Crippen LogP contribution is 2.49. The summed E-state index contributed by atoms with van der Waals surface area (Å²) in [5.41, 5.74) is -3.41. The van der Waals surface area contributed by atoms with E-state index in [9.17, 15) is 42.4 Å². The summed E-state index contributed by atoms with van der Waals surface area (Å²) in [6.07, 6.45) is 0.471. The fraction of sp³-hybridized carbons (Fsp3) is 0.545. The first-order valence-electron chi connectivity index (χ1n) is 16.7. The van der Waals surface area contributed by atoms with E-state index in [-0.39, 0.29) is 18.5 Å². The Kier molecular flexibility index (Phi) is 13.0. The van der Waals surface area contributed by atoms with E-state index in [0.717, 1.165) is 23.0 Å². The smallest absolute Gasteiger partial charge is 0.502 e. The SMILES string of the molecule is CC(C)OC(=O)CCOP(=O)(CCN1n2cc(C(=O)NCc3ccc(F)cc3F)c(=O)c(O)c2C(=O)N(C)C12CCCC2)OCOC(=O)OC(C)C. The third-order valence-corrected chi connectivity index (χ3v) is 10.3. The van der Waals surface area contributed by atoms with Crippen molar-refractivity contribution in [2.24, 2.45) is 0 Å². The molecule has 1 spiro atoms. The quantitative estimate of drug-likeness (QED) is 0.150. The van der Waals surface area contributed by atoms with Crippen LogP contribution < -0.4 is 15.8 Å². The summed E-state index contributed by atoms with van der Waals surface area (Å²) in [5.74, 6) is -5.16. The zero-order valence-corrected chi connectivity index (χ0v) is 30.4. The summed E-state index contributed by atoms with van der Waals surface area (Å²) in [4.78, 5) is 65.7. The van der Waals surface area contributed by atoms with Crippen LogP contribution >= 0.6 is 7.60 Å². The number of aromatic nitrogens is 1. The number of nitrogens with one attached hydrogen (secondary N) is 1. The van der Waals surface area contributed by atoms with Gasteiger partial charge in [-0.15, -0.1) is 0 Å². The summed E-state index contributed by atoms with van der Waals surface area (Å²) in [6, 6.07) is 2.75. The maximum absolute atomic E-state index is 14.2. The minimum absolute atomic E-state index is 0.0740. The Bertz CT molecular complexity index is 1750. The summed E-state index contributed by atoms with van der Waals surface area (Å²) < 4.78 is 68.8. The molecule has 0 bridgehead atoms. The normalized spacial score (nSPS) is 16.2. The average molecular weight is 757 g/mol. The van der Waals surface area contributed by atoms with E-state index in [4.69, 9.17) is 23.3 Å². The van der Waals surface area contributed by atoms with Crippen LogP contribution in [0, 0.1) is 11.6 Å². The lowest BCUT2D eigenvalue weighted by atomic mass is 10.0. The minimum atomic E-state index is -4.24. The van der Waals surface area contributed by atoms with E-state index in [1.165, 1.54) is 11.9 Å². The van der Waals surface area contributed by atoms with E-state index in [1.54, 1.807) is 32.7 Å². The lowest BCUT2D eigenvalue weighted by molar-refractivity contribution is -0.147. The lowest BCUT2D eigenvalue weighted by Gasteiger charge is -2.53. The number of carbonyl (C=O) groups excluding carboxylic acids is 4. The second-order valence-electron chi connectivity index (χ2n) is 12.8. The van der Waals surface area contributed by atoms with Gasteiger partial charge >= 0.3 is 19.7 Å². The molecule has 2 aliphatic rings. The van der Waals surface area contributed by atoms with Crippen molar-refractivity contribution in [3.8, 4) is 5.75 Å². The number of ether oxygens (including phenoxy) is 3. The van der Waals surface area contributed by atoms with Gasteiger partial charge in [0.1, 0.15) is 22.9 Å². The molecule has 2 amide bonds. The van der Waals surface area contributed by atoms with Crippen molar-refractivity contribution < 1.29 is 60.9 Å². The van der Waals surface area contributed by atoms with Gasteiger partial charge in [0.15, 0.2) is 11.4 Å². The molecule has 1 aromatic heterocycles. The van der Waals surface area contributed by atoms with Crippen LogP contribution in [0.4, 0.5) is 13.6 Å². The monoisotopic (exact) mass is 756 g/mol. The Morgan fingerprint density at radius 2 is 1.71 bits per heavy atom. The molecular formula is C33H43F2N4O12P. The van der Waals surface area contributed by atoms with Gasteiger partial charge in [0.25, 0.3) is 11.8 Å². The molecule has 0 radical (unpaired) electrons. The Labute approximate surface area is 298 Å². The molecule has 2 N–H and O–H groups in total. The summed E-state index contributed by atoms with van der Waals surface area (Å²) in [7, 11) is -2.75. The van der Waals surface area contributed by atoms with Crippen LogP contribution in [0.2, 0.25) is 0 Å². The highest BCUT2D eigenvalue weighted by Gasteiger charge is 2.51. The topological polar surface area (TPSA) is 192 Å². The zero-order chi connectivity index (χ0) is 38.4. The number of hydrogen-bond donors (Lipinski definition) is 2. The number of benzene rings is 1. The number of fused-ring (bicyclic) bond motifs is 1. The number of halogens is 2. The van der Waals surface area contributed by atoms with Crippen LogP contribution in [0.5, 0.6) is 5.75 Å². The predicted octanol–water partition coefficient (Wildman–Crippen LogP) is 4.14. The number of aromatic hydroxyl groups is 1. The maximum atomic E-state index is 14.2. The van der Waals surface area contributed by atoms with Gasteiger partial charge < -0.3 is 34.1 Å². The molecule has 2 heterocycles. The molecule has 1 aromatic carbocycles. The van der Waals surface area contributed by atoms with Gasteiger partial charge in [-0.1, -0.05) is 6.07 Å². The van der Waals surface area contributed by atoms with Gasteiger partial charge in [-0.3, -0.25) is 38.0 Å². The number of amides is 2. The first-order chi connectivity index (χ1) is 24.5. The highest BCUT2D eigenvalue weighted by molar-refractivity contribution is 7.53. The molecule has 286 valence electrons. The number of hydrogen-bond acceptors (Lipinski definition) is 13. The van der Waals surface area contributed by atoms with Crippen molar-refractivity contribution in [1.82, 2.24) is 14.9 Å². The van der Waals surface area contributed by atoms with Crippen LogP contribution in [0.3, 0.4) is 0 Å². The number of carbonyl (C=O) groups is 4. The fourth-order valence-corrected chi connectivity index (χ4v) is 7.35. The van der Waals surface area contributed by atoms with Crippen molar-refractivity contribution in [2.75, 3.05) is 38.2 Å². The third-order valence-electron chi connectivity index (χ3n) is 8.45. The molecular weight excluding hydrogens is 713 g/mol. The minimum Gasteiger partial charge on any atom is -0.502 e. The molecule has 2 aromatic rings. The number of pyridine rings is 1. The van der Waals surface area contributed by atoms with Gasteiger partial charge in [0.2, 0.25) is 12.2 Å². The van der Waals surface area contributed by atoms with Crippen molar-refractivity contribution in [2.45, 2.75) is 84.2 Å². The van der Waals surface area contributed by atoms with Gasteiger partial charge in [-0.05, 0) is 59.4 Å². The predicted molar refractivity (Wildman–Crippen MR) is 179 cm³/mol. The molecule has 1 aliphatic heterocycles. The van der Waals surface area contributed by atoms with Gasteiger partial charge in [0.05, 0.1) is 31.4 Å². The first kappa shape index (κ1) is 40.2. The first-order valence-corrected chi connectivity index (χ1v) is 18.4. The summed E-state index contributed by atoms with van der Waals surface area (Å²) in [5, 5.41) is 15.0. The Morgan fingerprint density at radius 3 is 2.35 bits per heavy atom. The van der Waals surface area contributed by atoms with Gasteiger partial charge in [0, 0.05) is 38.0 Å². The van der Waals surface area contributed by atoms with Crippen LogP contribution in [-0.4, -0.2) is 89.6 Å². The van der Waals surface area contributed by atoms with E-state index in [1.807, 2.05) is 0 Å². The van der Waals surface area contributed by atoms with Crippen molar-refractivity contribution in [3.63, 3.8) is 0 Å². The van der Waals surface area contributed by atoms with Crippen LogP contribution in [0.1, 0.15) is 86.2 Å². The van der Waals surface area contributed by atoms with Crippen LogP contribution in [0.15, 0.2) is 29.2 Å². The van der Waals surface area contributed by atoms with Crippen molar-refractivity contribution in [3.05, 3.63) is 63.1 Å². The van der Waals surface area contributed by atoms with Crippen LogP contribution in [-0.2, 0) is 39.2 Å². The second-order valence-corrected chi connectivity index (χ2v) is 15.0. The van der Waals surface area contributed by atoms with Crippen molar-refractivity contribution >= 4 is 31.5 Å². The molecule has 1 aliphatic carbocycles. The van der Waals surface area contributed by atoms with Gasteiger partial charge in [-0.2, -0.15) is 0 Å². The lowest BCUT2D eigenvalue weighted by Crippen LogP contribution is -2.69. The molecule has 0 saturated heterocycles. The fourth-order valence-electron chi connectivity index (χ4n) is 6.00. The van der Waals surface area contributed by atoms with E-state index in [0.29, 0.717) is 31.7 Å². The third kappa shape index (κ3) is 9.27. The Morgan fingerprint density at radius 1 is 1.04 bits per heavy atom. The summed E-state index contributed by atoms with van der Waals surface area (Å²) >= 11 is 0. The molecule has 1 fully saturated rings. The van der Waals surface area contributed by atoms with E-state index in [2.05, 4.69) is 5.32 Å². The molecule has 1 unspecified atom stereocenters. The average Bonchev–Trinajstić information content (AvgIpc) is 3.54. The molecule has 52 heavy (non-hydrogen) atoms. The second kappa shape index (κ2) is 16.9.